The van der Waals surface area contributed by atoms with E-state index in [-0.39, 0.29) is 4.90 Å². The van der Waals surface area contributed by atoms with Crippen LogP contribution in [-0.2, 0) is 10.1 Å². The van der Waals surface area contributed by atoms with Crippen molar-refractivity contribution in [2.75, 3.05) is 18.0 Å². The molecule has 0 aromatic heterocycles. The fourth-order valence-corrected chi connectivity index (χ4v) is 6.79. The first-order valence-corrected chi connectivity index (χ1v) is 18.1. The molecule has 47 heavy (non-hydrogen) atoms. The number of unbranched alkanes of at least 4 members (excludes halogenated alkanes) is 2. The van der Waals surface area contributed by atoms with Crippen molar-refractivity contribution in [3.05, 3.63) is 148 Å². The third kappa shape index (κ3) is 8.51. The maximum atomic E-state index is 12.6. The molecule has 242 valence electrons. The molecule has 0 spiro atoms. The van der Waals surface area contributed by atoms with E-state index in [4.69, 9.17) is 23.2 Å². The van der Waals surface area contributed by atoms with E-state index < -0.39 is 10.1 Å². The molecule has 0 aliphatic heterocycles. The third-order valence-corrected chi connectivity index (χ3v) is 9.46. The molecular formula is C39H39Cl2N2O3S+. The molecule has 0 bridgehead atoms. The molecule has 0 saturated heterocycles. The fourth-order valence-electron chi connectivity index (χ4n) is 5.73. The zero-order chi connectivity index (χ0) is 33.4. The minimum absolute atomic E-state index is 0.143. The highest BCUT2D eigenvalue weighted by molar-refractivity contribution is 7.86. The first-order chi connectivity index (χ1) is 22.7. The van der Waals surface area contributed by atoms with E-state index in [1.807, 2.05) is 97.1 Å². The minimum atomic E-state index is -4.50. The summed E-state index contributed by atoms with van der Waals surface area (Å²) in [6.45, 7) is 5.97. The number of halogens is 2. The number of nitrogens with zero attached hydrogens (tertiary/aromatic N) is 2. The molecule has 1 N–H and O–H groups in total. The Morgan fingerprint density at radius 2 is 1.40 bits per heavy atom. The van der Waals surface area contributed by atoms with Gasteiger partial charge in [0.05, 0.1) is 0 Å². The zero-order valence-electron chi connectivity index (χ0n) is 26.6. The summed E-state index contributed by atoms with van der Waals surface area (Å²) in [6.07, 6.45) is 12.2. The lowest BCUT2D eigenvalue weighted by molar-refractivity contribution is -0.439. The Balaban J connectivity index is 1.64. The SMILES string of the molecule is CCCCN(c1ccc(C(=C2C=CC(=[N+](CCCC)c3cccc(Cl)c3)C=C2)c2ccccc2S(=O)(=O)O)cc1)c1cccc(Cl)c1. The Kier molecular flexibility index (Phi) is 11.5. The van der Waals surface area contributed by atoms with Crippen LogP contribution in [0.1, 0.15) is 50.7 Å². The lowest BCUT2D eigenvalue weighted by Gasteiger charge is -2.26. The van der Waals surface area contributed by atoms with Gasteiger partial charge in [-0.15, -0.1) is 0 Å². The highest BCUT2D eigenvalue weighted by Gasteiger charge is 2.23. The molecule has 4 aromatic carbocycles. The first kappa shape index (κ1) is 34.4. The number of benzene rings is 4. The molecule has 0 saturated carbocycles. The van der Waals surface area contributed by atoms with Crippen molar-refractivity contribution >= 4 is 61.7 Å². The van der Waals surface area contributed by atoms with Gasteiger partial charge in [0, 0.05) is 64.2 Å². The number of hydrogen-bond acceptors (Lipinski definition) is 3. The van der Waals surface area contributed by atoms with Gasteiger partial charge in [0.15, 0.2) is 0 Å². The normalized spacial score (nSPS) is 12.8. The Labute approximate surface area is 288 Å². The molecule has 0 radical (unpaired) electrons. The van der Waals surface area contributed by atoms with E-state index in [9.17, 15) is 13.0 Å². The van der Waals surface area contributed by atoms with Crippen molar-refractivity contribution in [2.45, 2.75) is 44.4 Å². The molecule has 5 rings (SSSR count). The molecule has 1 aliphatic rings. The van der Waals surface area contributed by atoms with Gasteiger partial charge >= 0.3 is 0 Å². The van der Waals surface area contributed by atoms with Gasteiger partial charge in [-0.05, 0) is 77.7 Å². The largest absolute Gasteiger partial charge is 0.341 e. The summed E-state index contributed by atoms with van der Waals surface area (Å²) in [4.78, 5) is 2.09. The molecular weight excluding hydrogens is 647 g/mol. The topological polar surface area (TPSA) is 60.6 Å². The van der Waals surface area contributed by atoms with Crippen LogP contribution in [0.15, 0.2) is 132 Å². The van der Waals surface area contributed by atoms with Crippen molar-refractivity contribution in [3.63, 3.8) is 0 Å². The average molecular weight is 687 g/mol. The van der Waals surface area contributed by atoms with Gasteiger partial charge in [-0.1, -0.05) is 92.4 Å². The minimum Gasteiger partial charge on any atom is -0.341 e. The van der Waals surface area contributed by atoms with Crippen molar-refractivity contribution in [3.8, 4) is 0 Å². The molecule has 1 aliphatic carbocycles. The van der Waals surface area contributed by atoms with Crippen LogP contribution >= 0.6 is 23.2 Å². The molecule has 0 atom stereocenters. The van der Waals surface area contributed by atoms with Gasteiger partial charge in [-0.2, -0.15) is 13.0 Å². The van der Waals surface area contributed by atoms with Gasteiger partial charge in [0.1, 0.15) is 11.4 Å². The van der Waals surface area contributed by atoms with E-state index >= 15 is 0 Å². The maximum absolute atomic E-state index is 12.6. The predicted octanol–water partition coefficient (Wildman–Crippen LogP) is 10.7. The lowest BCUT2D eigenvalue weighted by Crippen LogP contribution is -2.18. The third-order valence-electron chi connectivity index (χ3n) is 8.08. The van der Waals surface area contributed by atoms with E-state index in [0.29, 0.717) is 21.2 Å². The summed E-state index contributed by atoms with van der Waals surface area (Å²) < 4.78 is 37.6. The Hall–Kier alpha value is -3.94. The molecule has 4 aromatic rings. The highest BCUT2D eigenvalue weighted by atomic mass is 35.5. The van der Waals surface area contributed by atoms with Crippen LogP contribution in [0, 0.1) is 0 Å². The molecule has 8 heteroatoms. The standard InChI is InChI=1S/C39H38Cl2N2O3S/c1-3-5-25-42(35-13-9-11-31(40)27-35)33-21-17-29(18-22-33)39(37-15-7-8-16-38(37)47(44,45)46)30-19-23-34(24-20-30)43(26-6-4-2)36-14-10-12-32(41)28-36/h7-24,27-28H,3-6,25-26H2,1-2H3/p+1. The van der Waals surface area contributed by atoms with Crippen LogP contribution in [0.3, 0.4) is 0 Å². The lowest BCUT2D eigenvalue weighted by atomic mass is 9.90. The monoisotopic (exact) mass is 685 g/mol. The average Bonchev–Trinajstić information content (AvgIpc) is 3.06. The Morgan fingerprint density at radius 1 is 0.745 bits per heavy atom. The summed E-state index contributed by atoms with van der Waals surface area (Å²) in [6, 6.07) is 30.3. The second-order valence-electron chi connectivity index (χ2n) is 11.4. The number of hydrogen-bond donors (Lipinski definition) is 1. The second kappa shape index (κ2) is 15.8. The van der Waals surface area contributed by atoms with Gasteiger partial charge in [-0.3, -0.25) is 4.55 Å². The van der Waals surface area contributed by atoms with Crippen LogP contribution in [0.4, 0.5) is 17.1 Å². The summed E-state index contributed by atoms with van der Waals surface area (Å²) in [5.41, 5.74) is 6.75. The van der Waals surface area contributed by atoms with Crippen LogP contribution in [0.2, 0.25) is 10.0 Å². The molecule has 0 amide bonds. The maximum Gasteiger partial charge on any atom is 0.295 e. The van der Waals surface area contributed by atoms with Crippen molar-refractivity contribution in [1.29, 1.82) is 0 Å². The van der Waals surface area contributed by atoms with E-state index in [1.165, 1.54) is 6.07 Å². The summed E-state index contributed by atoms with van der Waals surface area (Å²) in [7, 11) is -4.50. The van der Waals surface area contributed by atoms with Crippen LogP contribution in [0.25, 0.3) is 5.57 Å². The van der Waals surface area contributed by atoms with Gasteiger partial charge in [-0.25, -0.2) is 0 Å². The Morgan fingerprint density at radius 3 is 2.04 bits per heavy atom. The number of rotatable bonds is 12. The van der Waals surface area contributed by atoms with Gasteiger partial charge in [0.2, 0.25) is 11.4 Å². The Bertz CT molecular complexity index is 1940. The molecule has 0 heterocycles. The number of allylic oxidation sites excluding steroid dienone is 5. The van der Waals surface area contributed by atoms with Gasteiger partial charge in [0.25, 0.3) is 10.1 Å². The summed E-state index contributed by atoms with van der Waals surface area (Å²) in [5, 5.41) is 1.34. The van der Waals surface area contributed by atoms with E-state index in [0.717, 1.165) is 72.7 Å². The second-order valence-corrected chi connectivity index (χ2v) is 13.7. The van der Waals surface area contributed by atoms with Crippen LogP contribution in [-0.4, -0.2) is 36.3 Å². The fraction of sp³-hybridized carbons (Fsp3) is 0.205. The summed E-state index contributed by atoms with van der Waals surface area (Å²) in [5.74, 6) is 0. The molecule has 5 nitrogen and oxygen atoms in total. The predicted molar refractivity (Wildman–Crippen MR) is 197 cm³/mol. The van der Waals surface area contributed by atoms with Crippen molar-refractivity contribution in [1.82, 2.24) is 0 Å². The summed E-state index contributed by atoms with van der Waals surface area (Å²) >= 11 is 12.7. The smallest absolute Gasteiger partial charge is 0.295 e. The number of anilines is 2. The highest BCUT2D eigenvalue weighted by Crippen LogP contribution is 2.36. The van der Waals surface area contributed by atoms with E-state index in [2.05, 4.69) is 23.3 Å². The molecule has 0 unspecified atom stereocenters. The van der Waals surface area contributed by atoms with Crippen LogP contribution in [0.5, 0.6) is 0 Å². The van der Waals surface area contributed by atoms with Crippen molar-refractivity contribution in [2.24, 2.45) is 0 Å². The van der Waals surface area contributed by atoms with Gasteiger partial charge < -0.3 is 4.90 Å². The van der Waals surface area contributed by atoms with Crippen LogP contribution < -0.4 is 4.90 Å². The zero-order valence-corrected chi connectivity index (χ0v) is 28.9. The van der Waals surface area contributed by atoms with Crippen molar-refractivity contribution < 1.29 is 17.5 Å². The van der Waals surface area contributed by atoms with E-state index in [1.54, 1.807) is 18.2 Å². The quantitative estimate of drug-likeness (QED) is 0.119. The first-order valence-electron chi connectivity index (χ1n) is 15.9. The molecule has 0 fully saturated rings.